The Morgan fingerprint density at radius 2 is 1.77 bits per heavy atom. The largest absolute Gasteiger partial charge is 0.418 e. The van der Waals surface area contributed by atoms with Crippen molar-refractivity contribution in [3.8, 4) is 22.6 Å². The van der Waals surface area contributed by atoms with Gasteiger partial charge in [0.1, 0.15) is 6.61 Å². The van der Waals surface area contributed by atoms with E-state index in [1.54, 1.807) is 7.11 Å². The molecule has 0 bridgehead atoms. The number of aromatic nitrogens is 3. The number of hydrogen-bond acceptors (Lipinski definition) is 4. The summed E-state index contributed by atoms with van der Waals surface area (Å²) in [5.41, 5.74) is 5.69. The predicted molar refractivity (Wildman–Crippen MR) is 81.9 cm³/mol. The summed E-state index contributed by atoms with van der Waals surface area (Å²) in [6.07, 6.45) is 1.96. The molecule has 0 spiro atoms. The number of pyridine rings is 1. The first-order valence-corrected chi connectivity index (χ1v) is 7.09. The molecular weight excluding hydrogens is 278 g/mol. The van der Waals surface area contributed by atoms with E-state index in [1.807, 2.05) is 18.3 Å². The molecule has 0 radical (unpaired) electrons. The van der Waals surface area contributed by atoms with E-state index in [1.165, 1.54) is 16.8 Å². The first-order chi connectivity index (χ1) is 10.7. The standard InChI is InChI=1S/C17H17N3O2/c1-11-12(2)18-9-8-15(11)13-4-6-14(7-5-13)17-20-19-16(22-17)10-21-3/h4-9H,10H2,1-3H3/p+1. The maximum atomic E-state index is 5.55. The van der Waals surface area contributed by atoms with Crippen molar-refractivity contribution in [1.29, 1.82) is 0 Å². The van der Waals surface area contributed by atoms with Crippen LogP contribution in [0.3, 0.4) is 0 Å². The van der Waals surface area contributed by atoms with E-state index in [-0.39, 0.29) is 0 Å². The monoisotopic (exact) mass is 296 g/mol. The second-order valence-corrected chi connectivity index (χ2v) is 5.15. The minimum atomic E-state index is 0.323. The molecule has 0 fully saturated rings. The van der Waals surface area contributed by atoms with Gasteiger partial charge in [0, 0.05) is 31.2 Å². The van der Waals surface area contributed by atoms with Crippen molar-refractivity contribution in [3.63, 3.8) is 0 Å². The summed E-state index contributed by atoms with van der Waals surface area (Å²) >= 11 is 0. The number of H-pyrrole nitrogens is 1. The van der Waals surface area contributed by atoms with Crippen LogP contribution in [0.5, 0.6) is 0 Å². The first-order valence-electron chi connectivity index (χ1n) is 7.09. The van der Waals surface area contributed by atoms with Gasteiger partial charge in [0.2, 0.25) is 11.8 Å². The third kappa shape index (κ3) is 2.76. The Morgan fingerprint density at radius 3 is 2.50 bits per heavy atom. The van der Waals surface area contributed by atoms with Crippen LogP contribution in [0.2, 0.25) is 0 Å². The number of methoxy groups -OCH3 is 1. The molecule has 0 aliphatic rings. The molecule has 0 amide bonds. The van der Waals surface area contributed by atoms with Crippen molar-refractivity contribution in [2.24, 2.45) is 0 Å². The van der Waals surface area contributed by atoms with Crippen molar-refractivity contribution in [2.75, 3.05) is 7.11 Å². The van der Waals surface area contributed by atoms with Crippen LogP contribution in [0.4, 0.5) is 0 Å². The van der Waals surface area contributed by atoms with Gasteiger partial charge in [-0.3, -0.25) is 0 Å². The minimum Gasteiger partial charge on any atom is -0.418 e. The van der Waals surface area contributed by atoms with Crippen molar-refractivity contribution < 1.29 is 14.1 Å². The van der Waals surface area contributed by atoms with Gasteiger partial charge >= 0.3 is 0 Å². The van der Waals surface area contributed by atoms with E-state index in [0.717, 1.165) is 11.1 Å². The maximum Gasteiger partial charge on any atom is 0.247 e. The fourth-order valence-corrected chi connectivity index (χ4v) is 2.34. The number of aryl methyl sites for hydroxylation is 1. The molecule has 2 heterocycles. The number of benzene rings is 1. The van der Waals surface area contributed by atoms with Crippen LogP contribution in [-0.2, 0) is 11.3 Å². The van der Waals surface area contributed by atoms with Gasteiger partial charge in [0.05, 0.1) is 0 Å². The molecule has 0 unspecified atom stereocenters. The third-order valence-corrected chi connectivity index (χ3v) is 3.69. The highest BCUT2D eigenvalue weighted by Gasteiger charge is 2.11. The number of aromatic amines is 1. The van der Waals surface area contributed by atoms with Gasteiger partial charge in [-0.05, 0) is 30.2 Å². The van der Waals surface area contributed by atoms with Gasteiger partial charge in [-0.2, -0.15) is 0 Å². The van der Waals surface area contributed by atoms with Gasteiger partial charge in [0.15, 0.2) is 11.9 Å². The molecule has 0 atom stereocenters. The van der Waals surface area contributed by atoms with Crippen LogP contribution < -0.4 is 4.98 Å². The van der Waals surface area contributed by atoms with Crippen LogP contribution in [0.15, 0.2) is 40.9 Å². The smallest absolute Gasteiger partial charge is 0.247 e. The Kier molecular flexibility index (Phi) is 3.98. The highest BCUT2D eigenvalue weighted by molar-refractivity contribution is 5.69. The lowest BCUT2D eigenvalue weighted by Gasteiger charge is -2.05. The maximum absolute atomic E-state index is 5.55. The molecule has 0 aliphatic carbocycles. The summed E-state index contributed by atoms with van der Waals surface area (Å²) in [6.45, 7) is 4.51. The lowest BCUT2D eigenvalue weighted by molar-refractivity contribution is -0.388. The van der Waals surface area contributed by atoms with Gasteiger partial charge < -0.3 is 9.15 Å². The number of nitrogens with one attached hydrogen (secondary N) is 1. The zero-order valence-electron chi connectivity index (χ0n) is 12.9. The Balaban J connectivity index is 1.90. The normalized spacial score (nSPS) is 10.9. The molecule has 2 aromatic heterocycles. The molecule has 22 heavy (non-hydrogen) atoms. The number of hydrogen-bond donors (Lipinski definition) is 0. The summed E-state index contributed by atoms with van der Waals surface area (Å²) in [5.74, 6) is 0.986. The molecule has 0 saturated carbocycles. The summed E-state index contributed by atoms with van der Waals surface area (Å²) in [7, 11) is 1.60. The van der Waals surface area contributed by atoms with Crippen molar-refractivity contribution >= 4 is 0 Å². The Morgan fingerprint density at radius 1 is 1.05 bits per heavy atom. The third-order valence-electron chi connectivity index (χ3n) is 3.69. The highest BCUT2D eigenvalue weighted by atomic mass is 16.5. The molecule has 5 heteroatoms. The van der Waals surface area contributed by atoms with E-state index in [2.05, 4.69) is 47.2 Å². The van der Waals surface area contributed by atoms with Crippen LogP contribution in [0.25, 0.3) is 22.6 Å². The SMILES string of the molecule is COCc1nnc(-c2ccc(-c3cc[nH+]c(C)c3C)cc2)o1. The van der Waals surface area contributed by atoms with E-state index in [0.29, 0.717) is 18.4 Å². The number of ether oxygens (including phenoxy) is 1. The molecule has 112 valence electrons. The second-order valence-electron chi connectivity index (χ2n) is 5.15. The van der Waals surface area contributed by atoms with Crippen LogP contribution in [0, 0.1) is 13.8 Å². The van der Waals surface area contributed by atoms with Gasteiger partial charge in [0.25, 0.3) is 0 Å². The minimum absolute atomic E-state index is 0.323. The molecular formula is C17H18N3O2+. The average molecular weight is 296 g/mol. The van der Waals surface area contributed by atoms with Gasteiger partial charge in [-0.15, -0.1) is 10.2 Å². The molecule has 1 aromatic carbocycles. The summed E-state index contributed by atoms with van der Waals surface area (Å²) in [5, 5.41) is 7.98. The zero-order valence-corrected chi connectivity index (χ0v) is 12.9. The zero-order chi connectivity index (χ0) is 15.5. The summed E-state index contributed by atoms with van der Waals surface area (Å²) in [6, 6.07) is 10.2. The highest BCUT2D eigenvalue weighted by Crippen LogP contribution is 2.26. The molecule has 1 N–H and O–H groups in total. The van der Waals surface area contributed by atoms with E-state index in [4.69, 9.17) is 9.15 Å². The molecule has 5 nitrogen and oxygen atoms in total. The number of rotatable bonds is 4. The molecule has 3 aromatic rings. The second kappa shape index (κ2) is 6.07. The fraction of sp³-hybridized carbons (Fsp3) is 0.235. The predicted octanol–water partition coefficient (Wildman–Crippen LogP) is 2.98. The Bertz CT molecular complexity index is 779. The van der Waals surface area contributed by atoms with Gasteiger partial charge in [-0.1, -0.05) is 12.1 Å². The summed E-state index contributed by atoms with van der Waals surface area (Å²) < 4.78 is 10.5. The van der Waals surface area contributed by atoms with Crippen LogP contribution in [0.1, 0.15) is 17.1 Å². The van der Waals surface area contributed by atoms with Crippen molar-refractivity contribution in [3.05, 3.63) is 53.7 Å². The first kappa shape index (κ1) is 14.4. The quantitative estimate of drug-likeness (QED) is 0.742. The van der Waals surface area contributed by atoms with E-state index < -0.39 is 0 Å². The fourth-order valence-electron chi connectivity index (χ4n) is 2.34. The molecule has 3 rings (SSSR count). The van der Waals surface area contributed by atoms with E-state index in [9.17, 15) is 0 Å². The molecule has 0 saturated heterocycles. The average Bonchev–Trinajstić information content (AvgIpc) is 2.99. The lowest BCUT2D eigenvalue weighted by atomic mass is 9.99. The molecule has 0 aliphatic heterocycles. The van der Waals surface area contributed by atoms with Crippen molar-refractivity contribution in [1.82, 2.24) is 10.2 Å². The van der Waals surface area contributed by atoms with Crippen LogP contribution in [-0.4, -0.2) is 17.3 Å². The lowest BCUT2D eigenvalue weighted by Crippen LogP contribution is -2.08. The van der Waals surface area contributed by atoms with Gasteiger partial charge in [-0.25, -0.2) is 4.98 Å². The number of nitrogens with zero attached hydrogens (tertiary/aromatic N) is 2. The Labute approximate surface area is 129 Å². The Hall–Kier alpha value is -2.53. The topological polar surface area (TPSA) is 62.3 Å². The van der Waals surface area contributed by atoms with Crippen LogP contribution >= 0.6 is 0 Å². The van der Waals surface area contributed by atoms with Crippen molar-refractivity contribution in [2.45, 2.75) is 20.5 Å². The summed E-state index contributed by atoms with van der Waals surface area (Å²) in [4.78, 5) is 3.22. The van der Waals surface area contributed by atoms with E-state index >= 15 is 0 Å².